The molecule has 0 saturated carbocycles. The zero-order valence-corrected chi connectivity index (χ0v) is 16.5. The van der Waals surface area contributed by atoms with Gasteiger partial charge in [0.25, 0.3) is 5.91 Å². The second-order valence-corrected chi connectivity index (χ2v) is 6.61. The predicted molar refractivity (Wildman–Crippen MR) is 109 cm³/mol. The minimum absolute atomic E-state index is 0.0704. The Labute approximate surface area is 166 Å². The summed E-state index contributed by atoms with van der Waals surface area (Å²) in [4.78, 5) is 16.7. The summed E-state index contributed by atoms with van der Waals surface area (Å²) in [6.07, 6.45) is 1.29. The molecule has 0 radical (unpaired) electrons. The van der Waals surface area contributed by atoms with Crippen LogP contribution in [0.2, 0.25) is 0 Å². The van der Waals surface area contributed by atoms with Crippen molar-refractivity contribution in [3.8, 4) is 0 Å². The SMILES string of the molecule is CC(=CN)C(=NCCOCc1ccccc1)C(=O)Nc1ccc(Br)cc1F. The maximum atomic E-state index is 13.9. The van der Waals surface area contributed by atoms with Gasteiger partial charge in [-0.25, -0.2) is 4.39 Å². The van der Waals surface area contributed by atoms with E-state index in [9.17, 15) is 9.18 Å². The number of halogens is 2. The molecule has 2 aromatic rings. The Morgan fingerprint density at radius 1 is 1.30 bits per heavy atom. The van der Waals surface area contributed by atoms with Crippen LogP contribution >= 0.6 is 15.9 Å². The molecule has 0 aliphatic rings. The molecule has 3 N–H and O–H groups in total. The molecule has 2 aromatic carbocycles. The van der Waals surface area contributed by atoms with Crippen LogP contribution in [0.1, 0.15) is 12.5 Å². The van der Waals surface area contributed by atoms with E-state index in [1.807, 2.05) is 30.3 Å². The van der Waals surface area contributed by atoms with Crippen LogP contribution in [-0.2, 0) is 16.1 Å². The third kappa shape index (κ3) is 6.62. The average molecular weight is 434 g/mol. The Morgan fingerprint density at radius 2 is 2.04 bits per heavy atom. The molecule has 5 nitrogen and oxygen atoms in total. The number of rotatable bonds is 8. The zero-order chi connectivity index (χ0) is 19.6. The number of carbonyl (C=O) groups is 1. The molecule has 2 rings (SSSR count). The maximum absolute atomic E-state index is 13.9. The molecule has 1 amide bonds. The largest absolute Gasteiger partial charge is 0.404 e. The fourth-order valence-electron chi connectivity index (χ4n) is 2.21. The summed E-state index contributed by atoms with van der Waals surface area (Å²) in [6.45, 7) is 2.76. The highest BCUT2D eigenvalue weighted by molar-refractivity contribution is 9.10. The lowest BCUT2D eigenvalue weighted by Crippen LogP contribution is -2.25. The number of nitrogens with zero attached hydrogens (tertiary/aromatic N) is 1. The molecule has 0 atom stereocenters. The Bertz CT molecular complexity index is 838. The van der Waals surface area contributed by atoms with E-state index in [0.29, 0.717) is 23.3 Å². The van der Waals surface area contributed by atoms with Crippen LogP contribution in [0.25, 0.3) is 0 Å². The van der Waals surface area contributed by atoms with Gasteiger partial charge in [-0.1, -0.05) is 46.3 Å². The van der Waals surface area contributed by atoms with E-state index in [1.54, 1.807) is 13.0 Å². The molecule has 0 aliphatic carbocycles. The van der Waals surface area contributed by atoms with Crippen LogP contribution < -0.4 is 11.1 Å². The summed E-state index contributed by atoms with van der Waals surface area (Å²) in [6, 6.07) is 14.1. The average Bonchev–Trinajstić information content (AvgIpc) is 2.67. The molecule has 27 heavy (non-hydrogen) atoms. The molecule has 0 aromatic heterocycles. The number of hydrogen-bond donors (Lipinski definition) is 2. The number of amides is 1. The van der Waals surface area contributed by atoms with Gasteiger partial charge in [-0.05, 0) is 42.5 Å². The highest BCUT2D eigenvalue weighted by Gasteiger charge is 2.15. The first kappa shape index (κ1) is 20.8. The Kier molecular flexibility index (Phi) is 8.16. The minimum Gasteiger partial charge on any atom is -0.404 e. The first-order valence-corrected chi connectivity index (χ1v) is 9.12. The third-order valence-corrected chi connectivity index (χ3v) is 4.13. The van der Waals surface area contributed by atoms with Crippen LogP contribution in [0.4, 0.5) is 10.1 Å². The summed E-state index contributed by atoms with van der Waals surface area (Å²) < 4.78 is 20.1. The van der Waals surface area contributed by atoms with Crippen molar-refractivity contribution in [2.45, 2.75) is 13.5 Å². The third-order valence-electron chi connectivity index (χ3n) is 3.64. The lowest BCUT2D eigenvalue weighted by molar-refractivity contribution is -0.110. The van der Waals surface area contributed by atoms with Crippen molar-refractivity contribution < 1.29 is 13.9 Å². The van der Waals surface area contributed by atoms with Gasteiger partial charge in [0.15, 0.2) is 0 Å². The van der Waals surface area contributed by atoms with Crippen molar-refractivity contribution in [2.75, 3.05) is 18.5 Å². The van der Waals surface area contributed by atoms with Crippen molar-refractivity contribution in [1.29, 1.82) is 0 Å². The monoisotopic (exact) mass is 433 g/mol. The van der Waals surface area contributed by atoms with Gasteiger partial charge < -0.3 is 15.8 Å². The van der Waals surface area contributed by atoms with E-state index < -0.39 is 11.7 Å². The summed E-state index contributed by atoms with van der Waals surface area (Å²) in [5, 5.41) is 2.52. The van der Waals surface area contributed by atoms with Gasteiger partial charge >= 0.3 is 0 Å². The van der Waals surface area contributed by atoms with Gasteiger partial charge in [-0.2, -0.15) is 0 Å². The van der Waals surface area contributed by atoms with Crippen molar-refractivity contribution >= 4 is 33.2 Å². The fraction of sp³-hybridized carbons (Fsp3) is 0.200. The summed E-state index contributed by atoms with van der Waals surface area (Å²) >= 11 is 3.18. The first-order chi connectivity index (χ1) is 13.0. The van der Waals surface area contributed by atoms with Gasteiger partial charge in [-0.3, -0.25) is 9.79 Å². The molecule has 0 bridgehead atoms. The van der Waals surface area contributed by atoms with E-state index in [-0.39, 0.29) is 17.9 Å². The molecule has 0 aliphatic heterocycles. The Morgan fingerprint density at radius 3 is 2.70 bits per heavy atom. The maximum Gasteiger partial charge on any atom is 0.274 e. The number of nitrogens with two attached hydrogens (primary N) is 1. The smallest absolute Gasteiger partial charge is 0.274 e. The second kappa shape index (κ2) is 10.6. The summed E-state index contributed by atoms with van der Waals surface area (Å²) in [7, 11) is 0. The van der Waals surface area contributed by atoms with E-state index in [4.69, 9.17) is 10.5 Å². The molecule has 142 valence electrons. The molecular formula is C20H21BrFN3O2. The normalized spacial score (nSPS) is 12.1. The molecule has 0 heterocycles. The number of anilines is 1. The molecule has 7 heteroatoms. The van der Waals surface area contributed by atoms with Crippen LogP contribution in [0.5, 0.6) is 0 Å². The molecule has 0 unspecified atom stereocenters. The van der Waals surface area contributed by atoms with Crippen LogP contribution in [0.3, 0.4) is 0 Å². The number of nitrogens with one attached hydrogen (secondary N) is 1. The van der Waals surface area contributed by atoms with E-state index in [2.05, 4.69) is 26.2 Å². The Hall–Kier alpha value is -2.51. The number of aliphatic imine (C=N–C) groups is 1. The molecule has 0 fully saturated rings. The first-order valence-electron chi connectivity index (χ1n) is 8.32. The number of hydrogen-bond acceptors (Lipinski definition) is 4. The van der Waals surface area contributed by atoms with E-state index in [1.165, 1.54) is 18.3 Å². The molecule has 0 saturated heterocycles. The topological polar surface area (TPSA) is 76.7 Å². The molecular weight excluding hydrogens is 413 g/mol. The minimum atomic E-state index is -0.544. The van der Waals surface area contributed by atoms with Gasteiger partial charge in [0.1, 0.15) is 11.5 Å². The summed E-state index contributed by atoms with van der Waals surface area (Å²) in [5.74, 6) is -1.07. The second-order valence-electron chi connectivity index (χ2n) is 5.70. The van der Waals surface area contributed by atoms with Crippen LogP contribution in [0.15, 0.2) is 69.8 Å². The van der Waals surface area contributed by atoms with Gasteiger partial charge in [0.05, 0.1) is 25.4 Å². The van der Waals surface area contributed by atoms with Gasteiger partial charge in [-0.15, -0.1) is 0 Å². The van der Waals surface area contributed by atoms with Crippen molar-refractivity contribution in [3.63, 3.8) is 0 Å². The lowest BCUT2D eigenvalue weighted by atomic mass is 10.1. The highest BCUT2D eigenvalue weighted by atomic mass is 79.9. The highest BCUT2D eigenvalue weighted by Crippen LogP contribution is 2.19. The van der Waals surface area contributed by atoms with Crippen LogP contribution in [0, 0.1) is 5.82 Å². The van der Waals surface area contributed by atoms with E-state index in [0.717, 1.165) is 5.56 Å². The quantitative estimate of drug-likeness (QED) is 0.486. The standard InChI is InChI=1S/C20H21BrFN3O2/c1-14(12-23)19(20(26)25-18-8-7-16(21)11-17(18)22)24-9-10-27-13-15-5-3-2-4-6-15/h2-8,11-12H,9-10,13,23H2,1H3,(H,25,26). The lowest BCUT2D eigenvalue weighted by Gasteiger charge is -2.10. The van der Waals surface area contributed by atoms with Crippen molar-refractivity contribution in [3.05, 3.63) is 76.2 Å². The van der Waals surface area contributed by atoms with Crippen molar-refractivity contribution in [2.24, 2.45) is 10.7 Å². The van der Waals surface area contributed by atoms with Crippen LogP contribution in [-0.4, -0.2) is 24.8 Å². The Balaban J connectivity index is 1.96. The summed E-state index contributed by atoms with van der Waals surface area (Å²) in [5.41, 5.74) is 7.29. The number of carbonyl (C=O) groups excluding carboxylic acids is 1. The number of benzene rings is 2. The van der Waals surface area contributed by atoms with Gasteiger partial charge in [0.2, 0.25) is 0 Å². The van der Waals surface area contributed by atoms with E-state index >= 15 is 0 Å². The van der Waals surface area contributed by atoms with Gasteiger partial charge in [0, 0.05) is 4.47 Å². The predicted octanol–water partition coefficient (Wildman–Crippen LogP) is 4.05. The fourth-order valence-corrected chi connectivity index (χ4v) is 2.55. The van der Waals surface area contributed by atoms with Crippen molar-refractivity contribution in [1.82, 2.24) is 0 Å². The zero-order valence-electron chi connectivity index (χ0n) is 14.9. The molecule has 0 spiro atoms. The number of ether oxygens (including phenoxy) is 1.